The Kier molecular flexibility index (Phi) is 5.75. The molecule has 0 aliphatic carbocycles. The molecule has 1 saturated heterocycles. The van der Waals surface area contributed by atoms with Gasteiger partial charge < -0.3 is 5.32 Å². The number of rotatable bonds is 7. The van der Waals surface area contributed by atoms with Crippen LogP contribution in [0.1, 0.15) is 19.8 Å². The van der Waals surface area contributed by atoms with E-state index in [1.54, 1.807) is 0 Å². The normalized spacial score (nSPS) is 15.3. The fourth-order valence-electron chi connectivity index (χ4n) is 2.53. The average molecular weight is 416 g/mol. The van der Waals surface area contributed by atoms with Gasteiger partial charge in [0.25, 0.3) is 5.69 Å². The van der Waals surface area contributed by atoms with E-state index in [9.17, 15) is 18.5 Å². The fraction of sp³-hybridized carbons (Fsp3) is 0.429. The Bertz CT molecular complexity index is 909. The van der Waals surface area contributed by atoms with Gasteiger partial charge in [0, 0.05) is 25.7 Å². The fourth-order valence-corrected chi connectivity index (χ4v) is 5.93. The van der Waals surface area contributed by atoms with Gasteiger partial charge in [-0.1, -0.05) is 11.3 Å². The standard InChI is InChI=1S/C14H17N5O4S3/c1-2-15-13-16-17-14(25-13)24-12-6-5-10(9-11(12)19(20)21)26(22,23)18-7-3-4-8-18/h5-6,9H,2-4,7-8H2,1H3,(H,15,16). The molecule has 1 aliphatic rings. The SMILES string of the molecule is CCNc1nnc(Sc2ccc(S(=O)(=O)N3CCCC3)cc2[N+](=O)[O-])s1. The summed E-state index contributed by atoms with van der Waals surface area (Å²) in [6.07, 6.45) is 1.61. The molecule has 1 aliphatic heterocycles. The number of nitro benzene ring substituents is 1. The summed E-state index contributed by atoms with van der Waals surface area (Å²) in [5.74, 6) is 0. The lowest BCUT2D eigenvalue weighted by atomic mass is 10.3. The molecule has 1 aromatic carbocycles. The summed E-state index contributed by atoms with van der Waals surface area (Å²) in [6.45, 7) is 3.52. The van der Waals surface area contributed by atoms with Crippen LogP contribution >= 0.6 is 23.1 Å². The topological polar surface area (TPSA) is 118 Å². The molecule has 1 fully saturated rings. The Morgan fingerprint density at radius 3 is 2.73 bits per heavy atom. The quantitative estimate of drug-likeness (QED) is 0.542. The number of nitrogens with zero attached hydrogens (tertiary/aromatic N) is 4. The van der Waals surface area contributed by atoms with Gasteiger partial charge in [0.1, 0.15) is 0 Å². The maximum Gasteiger partial charge on any atom is 0.284 e. The summed E-state index contributed by atoms with van der Waals surface area (Å²) >= 11 is 2.38. The van der Waals surface area contributed by atoms with Gasteiger partial charge in [-0.3, -0.25) is 10.1 Å². The summed E-state index contributed by atoms with van der Waals surface area (Å²) in [7, 11) is -3.70. The number of aromatic nitrogens is 2. The zero-order valence-electron chi connectivity index (χ0n) is 13.9. The number of nitrogens with one attached hydrogen (secondary N) is 1. The van der Waals surface area contributed by atoms with Gasteiger partial charge >= 0.3 is 0 Å². The van der Waals surface area contributed by atoms with Gasteiger partial charge in [-0.25, -0.2) is 8.42 Å². The Morgan fingerprint density at radius 2 is 2.08 bits per heavy atom. The predicted octanol–water partition coefficient (Wildman–Crippen LogP) is 2.81. The van der Waals surface area contributed by atoms with Crippen LogP contribution in [0.25, 0.3) is 0 Å². The number of hydrogen-bond acceptors (Lipinski definition) is 9. The lowest BCUT2D eigenvalue weighted by Gasteiger charge is -2.15. The van der Waals surface area contributed by atoms with E-state index in [-0.39, 0.29) is 10.6 Å². The van der Waals surface area contributed by atoms with E-state index in [4.69, 9.17) is 0 Å². The van der Waals surface area contributed by atoms with E-state index < -0.39 is 14.9 Å². The highest BCUT2D eigenvalue weighted by Gasteiger charge is 2.29. The average Bonchev–Trinajstić information content (AvgIpc) is 3.27. The molecule has 26 heavy (non-hydrogen) atoms. The van der Waals surface area contributed by atoms with Crippen LogP contribution in [-0.2, 0) is 10.0 Å². The summed E-state index contributed by atoms with van der Waals surface area (Å²) in [5.41, 5.74) is -0.254. The zero-order chi connectivity index (χ0) is 18.7. The second kappa shape index (κ2) is 7.86. The Hall–Kier alpha value is -1.76. The third-order valence-electron chi connectivity index (χ3n) is 3.76. The van der Waals surface area contributed by atoms with Gasteiger partial charge in [0.2, 0.25) is 15.2 Å². The molecule has 0 spiro atoms. The van der Waals surface area contributed by atoms with Gasteiger partial charge in [0.15, 0.2) is 4.34 Å². The van der Waals surface area contributed by atoms with Crippen LogP contribution in [0.5, 0.6) is 0 Å². The minimum atomic E-state index is -3.70. The van der Waals surface area contributed by atoms with Crippen molar-refractivity contribution in [3.63, 3.8) is 0 Å². The smallest absolute Gasteiger partial charge is 0.284 e. The van der Waals surface area contributed by atoms with Gasteiger partial charge in [-0.15, -0.1) is 10.2 Å². The maximum atomic E-state index is 12.6. The summed E-state index contributed by atoms with van der Waals surface area (Å²) in [5, 5.41) is 23.0. The molecule has 0 radical (unpaired) electrons. The first-order valence-corrected chi connectivity index (χ1v) is 11.0. The van der Waals surface area contributed by atoms with Crippen molar-refractivity contribution in [2.75, 3.05) is 25.0 Å². The molecule has 0 bridgehead atoms. The third kappa shape index (κ3) is 3.98. The largest absolute Gasteiger partial charge is 0.360 e. The zero-order valence-corrected chi connectivity index (χ0v) is 16.4. The van der Waals surface area contributed by atoms with Crippen molar-refractivity contribution in [1.82, 2.24) is 14.5 Å². The van der Waals surface area contributed by atoms with Gasteiger partial charge in [0.05, 0.1) is 14.7 Å². The van der Waals surface area contributed by atoms with Crippen molar-refractivity contribution in [3.8, 4) is 0 Å². The lowest BCUT2D eigenvalue weighted by molar-refractivity contribution is -0.388. The van der Waals surface area contributed by atoms with E-state index in [0.717, 1.165) is 30.7 Å². The summed E-state index contributed by atoms with van der Waals surface area (Å²) in [4.78, 5) is 11.2. The first-order valence-electron chi connectivity index (χ1n) is 7.95. The van der Waals surface area contributed by atoms with Crippen LogP contribution in [0.4, 0.5) is 10.8 Å². The van der Waals surface area contributed by atoms with Crippen LogP contribution in [0, 0.1) is 10.1 Å². The molecule has 0 unspecified atom stereocenters. The highest BCUT2D eigenvalue weighted by Crippen LogP contribution is 2.38. The highest BCUT2D eigenvalue weighted by atomic mass is 32.2. The lowest BCUT2D eigenvalue weighted by Crippen LogP contribution is -2.27. The molecule has 3 rings (SSSR count). The van der Waals surface area contributed by atoms with Crippen molar-refractivity contribution >= 4 is 43.9 Å². The highest BCUT2D eigenvalue weighted by molar-refractivity contribution is 8.01. The number of sulfonamides is 1. The monoisotopic (exact) mass is 415 g/mol. The molecule has 0 amide bonds. The molecular weight excluding hydrogens is 398 g/mol. The van der Waals surface area contributed by atoms with E-state index in [0.29, 0.717) is 34.0 Å². The number of nitro groups is 1. The molecular formula is C14H17N5O4S3. The predicted molar refractivity (Wildman–Crippen MR) is 99.3 cm³/mol. The van der Waals surface area contributed by atoms with Crippen molar-refractivity contribution < 1.29 is 13.3 Å². The minimum absolute atomic E-state index is 0.0546. The Morgan fingerprint density at radius 1 is 1.35 bits per heavy atom. The van der Waals surface area contributed by atoms with E-state index in [2.05, 4.69) is 15.5 Å². The van der Waals surface area contributed by atoms with Crippen LogP contribution < -0.4 is 5.32 Å². The van der Waals surface area contributed by atoms with Crippen LogP contribution in [0.15, 0.2) is 32.3 Å². The van der Waals surface area contributed by atoms with Gasteiger partial charge in [-0.05, 0) is 43.7 Å². The molecule has 0 saturated carbocycles. The number of hydrogen-bond donors (Lipinski definition) is 1. The van der Waals surface area contributed by atoms with Crippen LogP contribution in [-0.4, -0.2) is 47.5 Å². The molecule has 9 nitrogen and oxygen atoms in total. The van der Waals surface area contributed by atoms with E-state index in [1.165, 1.54) is 27.8 Å². The maximum absolute atomic E-state index is 12.6. The molecule has 2 heterocycles. The number of anilines is 1. The number of benzene rings is 1. The Labute approximate surface area is 159 Å². The van der Waals surface area contributed by atoms with Crippen molar-refractivity contribution in [2.24, 2.45) is 0 Å². The third-order valence-corrected chi connectivity index (χ3v) is 7.65. The Balaban J connectivity index is 1.90. The van der Waals surface area contributed by atoms with Crippen molar-refractivity contribution in [1.29, 1.82) is 0 Å². The molecule has 0 atom stereocenters. The molecule has 2 aromatic rings. The second-order valence-corrected chi connectivity index (χ2v) is 9.71. The van der Waals surface area contributed by atoms with Crippen LogP contribution in [0.2, 0.25) is 0 Å². The van der Waals surface area contributed by atoms with E-state index >= 15 is 0 Å². The molecule has 140 valence electrons. The van der Waals surface area contributed by atoms with Crippen LogP contribution in [0.3, 0.4) is 0 Å². The summed E-state index contributed by atoms with van der Waals surface area (Å²) in [6, 6.07) is 4.00. The van der Waals surface area contributed by atoms with Crippen molar-refractivity contribution in [2.45, 2.75) is 33.9 Å². The van der Waals surface area contributed by atoms with Gasteiger partial charge in [-0.2, -0.15) is 4.31 Å². The first-order chi connectivity index (χ1) is 12.4. The molecule has 12 heteroatoms. The minimum Gasteiger partial charge on any atom is -0.360 e. The molecule has 1 aromatic heterocycles. The summed E-state index contributed by atoms with van der Waals surface area (Å²) < 4.78 is 27.2. The molecule has 1 N–H and O–H groups in total. The van der Waals surface area contributed by atoms with E-state index in [1.807, 2.05) is 6.92 Å². The first kappa shape index (κ1) is 19.0. The second-order valence-electron chi connectivity index (χ2n) is 5.50. The van der Waals surface area contributed by atoms with Crippen molar-refractivity contribution in [3.05, 3.63) is 28.3 Å².